The van der Waals surface area contributed by atoms with Gasteiger partial charge in [-0.25, -0.2) is 4.39 Å². The Morgan fingerprint density at radius 3 is 2.62 bits per heavy atom. The topological polar surface area (TPSA) is 101 Å². The van der Waals surface area contributed by atoms with Crippen LogP contribution in [0.3, 0.4) is 0 Å². The van der Waals surface area contributed by atoms with Crippen LogP contribution in [0.15, 0.2) is 27.7 Å². The van der Waals surface area contributed by atoms with Crippen LogP contribution in [0.2, 0.25) is 0 Å². The molecular formula is C16H13F4N5O3S. The Kier molecular flexibility index (Phi) is 5.59. The molecule has 1 N–H and O–H groups in total. The van der Waals surface area contributed by atoms with Gasteiger partial charge in [-0.2, -0.15) is 18.2 Å². The monoisotopic (exact) mass is 431 g/mol. The Bertz CT molecular complexity index is 989. The Hall–Kier alpha value is -2.96. The molecule has 8 nitrogen and oxygen atoms in total. The maximum atomic E-state index is 14.4. The van der Waals surface area contributed by atoms with Gasteiger partial charge in [-0.05, 0) is 12.1 Å². The fourth-order valence-electron chi connectivity index (χ4n) is 2.30. The number of rotatable bonds is 3. The van der Waals surface area contributed by atoms with Crippen LogP contribution in [0.4, 0.5) is 17.6 Å². The number of aromatic nitrogens is 2. The van der Waals surface area contributed by atoms with Gasteiger partial charge in [-0.1, -0.05) is 11.2 Å². The molecule has 0 bridgehead atoms. The van der Waals surface area contributed by atoms with Crippen LogP contribution in [0.1, 0.15) is 11.5 Å². The average Bonchev–Trinajstić information content (AvgIpc) is 3.30. The van der Waals surface area contributed by atoms with Crippen molar-refractivity contribution >= 4 is 28.6 Å². The number of carbonyl (C=O) groups is 2. The molecular weight excluding hydrogens is 418 g/mol. The molecule has 1 aromatic carbocycles. The molecule has 0 saturated carbocycles. The Labute approximate surface area is 165 Å². The van der Waals surface area contributed by atoms with Crippen LogP contribution in [0, 0.1) is 5.82 Å². The first-order chi connectivity index (χ1) is 13.6. The predicted molar refractivity (Wildman–Crippen MR) is 94.3 cm³/mol. The van der Waals surface area contributed by atoms with E-state index in [9.17, 15) is 27.2 Å². The van der Waals surface area contributed by atoms with E-state index in [0.717, 1.165) is 11.0 Å². The van der Waals surface area contributed by atoms with Crippen LogP contribution < -0.4 is 5.32 Å². The molecule has 0 saturated heterocycles. The largest absolute Gasteiger partial charge is 0.471 e. The Morgan fingerprint density at radius 1 is 1.31 bits per heavy atom. The normalized spacial score (nSPS) is 16.5. The molecule has 13 heteroatoms. The molecule has 2 amide bonds. The molecule has 0 fully saturated rings. The SMILES string of the molecule is CN(C)C(=O)C(=O)NC1CSC(c2ccc(-c3noc(C(F)(F)F)n3)c(F)c2)=N1. The van der Waals surface area contributed by atoms with Crippen molar-refractivity contribution in [2.45, 2.75) is 12.3 Å². The molecule has 1 aliphatic heterocycles. The van der Waals surface area contributed by atoms with Gasteiger partial charge in [-0.3, -0.25) is 14.6 Å². The van der Waals surface area contributed by atoms with Crippen molar-refractivity contribution in [1.82, 2.24) is 20.4 Å². The summed E-state index contributed by atoms with van der Waals surface area (Å²) >= 11 is 1.23. The first-order valence-electron chi connectivity index (χ1n) is 8.00. The number of thioether (sulfide) groups is 1. The molecule has 29 heavy (non-hydrogen) atoms. The number of alkyl halides is 3. The molecule has 1 aliphatic rings. The highest BCUT2D eigenvalue weighted by atomic mass is 32.2. The molecule has 154 valence electrons. The van der Waals surface area contributed by atoms with Gasteiger partial charge in [0.25, 0.3) is 0 Å². The predicted octanol–water partition coefficient (Wildman–Crippen LogP) is 1.92. The van der Waals surface area contributed by atoms with E-state index in [2.05, 4.69) is 25.0 Å². The van der Waals surface area contributed by atoms with Crippen molar-refractivity contribution in [1.29, 1.82) is 0 Å². The molecule has 0 spiro atoms. The lowest BCUT2D eigenvalue weighted by Crippen LogP contribution is -2.43. The van der Waals surface area contributed by atoms with Crippen molar-refractivity contribution in [3.8, 4) is 11.4 Å². The standard InChI is InChI=1S/C16H13F4N5O3S/c1-25(2)14(27)12(26)21-10-6-29-13(22-10)7-3-4-8(9(17)5-7)11-23-15(28-24-11)16(18,19)20/h3-5,10H,6H2,1-2H3,(H,21,26). The number of likely N-dealkylation sites (N-methyl/N-ethyl adjacent to an activating group) is 1. The molecule has 2 heterocycles. The molecule has 2 aromatic rings. The molecule has 3 rings (SSSR count). The zero-order chi connectivity index (χ0) is 21.3. The lowest BCUT2D eigenvalue weighted by molar-refractivity contribution is -0.159. The number of aliphatic imine (C=N–C) groups is 1. The van der Waals surface area contributed by atoms with E-state index in [1.54, 1.807) is 0 Å². The third kappa shape index (κ3) is 4.55. The third-order valence-corrected chi connectivity index (χ3v) is 4.77. The molecule has 0 radical (unpaired) electrons. The van der Waals surface area contributed by atoms with Crippen LogP contribution in [-0.2, 0) is 15.8 Å². The number of carbonyl (C=O) groups excluding carboxylic acids is 2. The molecule has 1 atom stereocenters. The van der Waals surface area contributed by atoms with Gasteiger partial charge in [0, 0.05) is 25.4 Å². The van der Waals surface area contributed by atoms with Crippen molar-refractivity contribution in [2.75, 3.05) is 19.8 Å². The van der Waals surface area contributed by atoms with E-state index < -0.39 is 41.7 Å². The zero-order valence-corrected chi connectivity index (χ0v) is 15.8. The summed E-state index contributed by atoms with van der Waals surface area (Å²) < 4.78 is 56.1. The quantitative estimate of drug-likeness (QED) is 0.589. The number of nitrogens with one attached hydrogen (secondary N) is 1. The smallest absolute Gasteiger partial charge is 0.341 e. The number of benzene rings is 1. The maximum Gasteiger partial charge on any atom is 0.471 e. The highest BCUT2D eigenvalue weighted by Crippen LogP contribution is 2.31. The number of nitrogens with zero attached hydrogens (tertiary/aromatic N) is 4. The van der Waals surface area contributed by atoms with Crippen LogP contribution in [0.25, 0.3) is 11.4 Å². The van der Waals surface area contributed by atoms with Crippen molar-refractivity contribution in [3.63, 3.8) is 0 Å². The summed E-state index contributed by atoms with van der Waals surface area (Å²) in [5.41, 5.74) is 0.0875. The number of halogens is 4. The summed E-state index contributed by atoms with van der Waals surface area (Å²) in [5, 5.41) is 6.01. The summed E-state index contributed by atoms with van der Waals surface area (Å²) in [6.07, 6.45) is -5.50. The van der Waals surface area contributed by atoms with Crippen molar-refractivity contribution in [3.05, 3.63) is 35.5 Å². The van der Waals surface area contributed by atoms with Crippen molar-refractivity contribution < 1.29 is 31.7 Å². The van der Waals surface area contributed by atoms with Gasteiger partial charge < -0.3 is 14.7 Å². The molecule has 0 aliphatic carbocycles. The van der Waals surface area contributed by atoms with E-state index in [4.69, 9.17) is 0 Å². The average molecular weight is 431 g/mol. The number of amides is 2. The fraction of sp³-hybridized carbons (Fsp3) is 0.312. The summed E-state index contributed by atoms with van der Waals surface area (Å²) in [5.74, 6) is -4.18. The minimum absolute atomic E-state index is 0.266. The second-order valence-corrected chi connectivity index (χ2v) is 7.06. The zero-order valence-electron chi connectivity index (χ0n) is 15.0. The minimum Gasteiger partial charge on any atom is -0.341 e. The maximum absolute atomic E-state index is 14.4. The van der Waals surface area contributed by atoms with Crippen LogP contribution in [0.5, 0.6) is 0 Å². The van der Waals surface area contributed by atoms with Gasteiger partial charge in [0.1, 0.15) is 17.0 Å². The second-order valence-electron chi connectivity index (χ2n) is 6.05. The minimum atomic E-state index is -4.83. The fourth-order valence-corrected chi connectivity index (χ4v) is 3.27. The van der Waals surface area contributed by atoms with Gasteiger partial charge in [-0.15, -0.1) is 11.8 Å². The second kappa shape index (κ2) is 7.81. The highest BCUT2D eigenvalue weighted by molar-refractivity contribution is 8.14. The van der Waals surface area contributed by atoms with Crippen molar-refractivity contribution in [2.24, 2.45) is 4.99 Å². The van der Waals surface area contributed by atoms with Gasteiger partial charge in [0.15, 0.2) is 0 Å². The first-order valence-corrected chi connectivity index (χ1v) is 8.98. The van der Waals surface area contributed by atoms with Gasteiger partial charge in [0.05, 0.1) is 5.56 Å². The highest BCUT2D eigenvalue weighted by Gasteiger charge is 2.38. The number of hydrogen-bond acceptors (Lipinski definition) is 7. The lowest BCUT2D eigenvalue weighted by Gasteiger charge is -2.12. The molecule has 1 unspecified atom stereocenters. The van der Waals surface area contributed by atoms with E-state index in [1.165, 1.54) is 38.0 Å². The van der Waals surface area contributed by atoms with Gasteiger partial charge >= 0.3 is 23.9 Å². The van der Waals surface area contributed by atoms with Crippen LogP contribution in [-0.4, -0.2) is 57.9 Å². The third-order valence-electron chi connectivity index (χ3n) is 3.67. The molecule has 1 aromatic heterocycles. The number of hydrogen-bond donors (Lipinski definition) is 1. The van der Waals surface area contributed by atoms with E-state index in [-0.39, 0.29) is 5.56 Å². The van der Waals surface area contributed by atoms with E-state index in [0.29, 0.717) is 16.4 Å². The summed E-state index contributed by atoms with van der Waals surface area (Å²) in [6.45, 7) is 0. The summed E-state index contributed by atoms with van der Waals surface area (Å²) in [4.78, 5) is 31.9. The van der Waals surface area contributed by atoms with E-state index in [1.807, 2.05) is 0 Å². The lowest BCUT2D eigenvalue weighted by atomic mass is 10.1. The summed E-state index contributed by atoms with van der Waals surface area (Å²) in [6, 6.07) is 3.71. The first kappa shape index (κ1) is 20.8. The Balaban J connectivity index is 1.76. The van der Waals surface area contributed by atoms with E-state index >= 15 is 0 Å². The van der Waals surface area contributed by atoms with Gasteiger partial charge in [0.2, 0.25) is 5.82 Å². The summed E-state index contributed by atoms with van der Waals surface area (Å²) in [7, 11) is 2.87. The van der Waals surface area contributed by atoms with Crippen LogP contribution >= 0.6 is 11.8 Å². The Morgan fingerprint density at radius 2 is 2.03 bits per heavy atom.